The number of amides is 2. The van der Waals surface area contributed by atoms with Crippen LogP contribution in [0.25, 0.3) is 0 Å². The number of urea groups is 1. The summed E-state index contributed by atoms with van der Waals surface area (Å²) in [6.45, 7) is 1.53. The standard InChI is InChI=1S/C18H19ClN2O3/c1-23-15-5-2-13(3-6-15)8-9-20-18(22)21-10-11-24-17-7-4-14(19)12-16(17)21/h2-7,12H,8-11H2,1H3,(H,20,22). The molecule has 1 N–H and O–H groups in total. The van der Waals surface area contributed by atoms with Gasteiger partial charge in [-0.15, -0.1) is 0 Å². The first-order chi connectivity index (χ1) is 11.7. The van der Waals surface area contributed by atoms with Gasteiger partial charge in [-0.3, -0.25) is 4.90 Å². The topological polar surface area (TPSA) is 50.8 Å². The molecule has 1 aliphatic heterocycles. The molecule has 0 bridgehead atoms. The highest BCUT2D eigenvalue weighted by Crippen LogP contribution is 2.33. The molecule has 2 aromatic carbocycles. The number of nitrogens with one attached hydrogen (secondary N) is 1. The average molecular weight is 347 g/mol. The molecule has 0 unspecified atom stereocenters. The monoisotopic (exact) mass is 346 g/mol. The molecule has 1 aliphatic rings. The number of hydrogen-bond acceptors (Lipinski definition) is 3. The third-order valence-corrected chi connectivity index (χ3v) is 4.11. The Hall–Kier alpha value is -2.40. The molecule has 3 rings (SSSR count). The second kappa shape index (κ2) is 7.45. The van der Waals surface area contributed by atoms with E-state index in [1.165, 1.54) is 0 Å². The number of fused-ring (bicyclic) bond motifs is 1. The van der Waals surface area contributed by atoms with Crippen molar-refractivity contribution >= 4 is 23.3 Å². The third kappa shape index (κ3) is 3.74. The number of ether oxygens (including phenoxy) is 2. The predicted molar refractivity (Wildman–Crippen MR) is 94.4 cm³/mol. The van der Waals surface area contributed by atoms with Gasteiger partial charge >= 0.3 is 6.03 Å². The fraction of sp³-hybridized carbons (Fsp3) is 0.278. The van der Waals surface area contributed by atoms with Crippen LogP contribution in [0.3, 0.4) is 0 Å². The molecule has 0 fully saturated rings. The van der Waals surface area contributed by atoms with Gasteiger partial charge in [0.15, 0.2) is 0 Å². The number of nitrogens with zero attached hydrogens (tertiary/aromatic N) is 1. The van der Waals surface area contributed by atoms with Gasteiger partial charge in [-0.1, -0.05) is 23.7 Å². The van der Waals surface area contributed by atoms with Crippen molar-refractivity contribution < 1.29 is 14.3 Å². The van der Waals surface area contributed by atoms with Crippen molar-refractivity contribution in [3.05, 3.63) is 53.1 Å². The van der Waals surface area contributed by atoms with E-state index in [-0.39, 0.29) is 6.03 Å². The van der Waals surface area contributed by atoms with E-state index in [0.29, 0.717) is 36.2 Å². The van der Waals surface area contributed by atoms with Crippen LogP contribution < -0.4 is 19.7 Å². The molecule has 5 nitrogen and oxygen atoms in total. The van der Waals surface area contributed by atoms with Crippen LogP contribution in [0.1, 0.15) is 5.56 Å². The molecular formula is C18H19ClN2O3. The zero-order valence-corrected chi connectivity index (χ0v) is 14.2. The average Bonchev–Trinajstić information content (AvgIpc) is 2.61. The minimum atomic E-state index is -0.143. The van der Waals surface area contributed by atoms with E-state index in [4.69, 9.17) is 21.1 Å². The first-order valence-electron chi connectivity index (χ1n) is 7.78. The second-order valence-electron chi connectivity index (χ2n) is 5.44. The number of anilines is 1. The van der Waals surface area contributed by atoms with Crippen LogP contribution in [0.5, 0.6) is 11.5 Å². The van der Waals surface area contributed by atoms with Crippen molar-refractivity contribution in [3.8, 4) is 11.5 Å². The van der Waals surface area contributed by atoms with E-state index in [1.807, 2.05) is 24.3 Å². The van der Waals surface area contributed by atoms with E-state index in [1.54, 1.807) is 30.2 Å². The van der Waals surface area contributed by atoms with Gasteiger partial charge in [-0.2, -0.15) is 0 Å². The van der Waals surface area contributed by atoms with Crippen molar-refractivity contribution in [2.24, 2.45) is 0 Å². The summed E-state index contributed by atoms with van der Waals surface area (Å²) >= 11 is 6.03. The van der Waals surface area contributed by atoms with Gasteiger partial charge in [-0.05, 0) is 42.3 Å². The number of carbonyl (C=O) groups is 1. The lowest BCUT2D eigenvalue weighted by Crippen LogP contribution is -2.44. The zero-order chi connectivity index (χ0) is 16.9. The van der Waals surface area contributed by atoms with E-state index in [2.05, 4.69) is 5.32 Å². The summed E-state index contributed by atoms with van der Waals surface area (Å²) in [6, 6.07) is 13.0. The molecule has 0 saturated carbocycles. The number of methoxy groups -OCH3 is 1. The van der Waals surface area contributed by atoms with Crippen molar-refractivity contribution in [1.29, 1.82) is 0 Å². The normalized spacial score (nSPS) is 13.0. The van der Waals surface area contributed by atoms with Gasteiger partial charge < -0.3 is 14.8 Å². The molecule has 0 saturated heterocycles. The summed E-state index contributed by atoms with van der Waals surface area (Å²) in [6.07, 6.45) is 0.752. The first-order valence-corrected chi connectivity index (χ1v) is 8.16. The van der Waals surface area contributed by atoms with Crippen LogP contribution in [0.15, 0.2) is 42.5 Å². The summed E-state index contributed by atoms with van der Waals surface area (Å²) in [5.74, 6) is 1.50. The maximum Gasteiger partial charge on any atom is 0.322 e. The fourth-order valence-electron chi connectivity index (χ4n) is 2.60. The molecule has 6 heteroatoms. The van der Waals surface area contributed by atoms with Crippen LogP contribution in [0, 0.1) is 0 Å². The maximum atomic E-state index is 12.5. The summed E-state index contributed by atoms with van der Waals surface area (Å²) < 4.78 is 10.7. The Morgan fingerprint density at radius 3 is 2.83 bits per heavy atom. The number of halogens is 1. The van der Waals surface area contributed by atoms with E-state index in [9.17, 15) is 4.79 Å². The Bertz CT molecular complexity index is 719. The zero-order valence-electron chi connectivity index (χ0n) is 13.4. The van der Waals surface area contributed by atoms with Gasteiger partial charge in [0.2, 0.25) is 0 Å². The highest BCUT2D eigenvalue weighted by molar-refractivity contribution is 6.31. The Kier molecular flexibility index (Phi) is 5.11. The minimum absolute atomic E-state index is 0.143. The largest absolute Gasteiger partial charge is 0.497 e. The van der Waals surface area contributed by atoms with Crippen molar-refractivity contribution in [2.75, 3.05) is 31.7 Å². The lowest BCUT2D eigenvalue weighted by Gasteiger charge is -2.29. The molecule has 0 radical (unpaired) electrons. The first kappa shape index (κ1) is 16.5. The predicted octanol–water partition coefficient (Wildman–Crippen LogP) is 3.50. The summed E-state index contributed by atoms with van der Waals surface area (Å²) in [5, 5.41) is 3.53. The molecule has 1 heterocycles. The molecule has 0 atom stereocenters. The lowest BCUT2D eigenvalue weighted by molar-refractivity contribution is 0.240. The van der Waals surface area contributed by atoms with E-state index >= 15 is 0 Å². The molecule has 2 aromatic rings. The van der Waals surface area contributed by atoms with Crippen LogP contribution >= 0.6 is 11.6 Å². The molecule has 126 valence electrons. The highest BCUT2D eigenvalue weighted by atomic mass is 35.5. The van der Waals surface area contributed by atoms with Crippen molar-refractivity contribution in [2.45, 2.75) is 6.42 Å². The van der Waals surface area contributed by atoms with Gasteiger partial charge in [-0.25, -0.2) is 4.79 Å². The van der Waals surface area contributed by atoms with Crippen LogP contribution in [-0.4, -0.2) is 32.8 Å². The van der Waals surface area contributed by atoms with Crippen LogP contribution in [0.4, 0.5) is 10.5 Å². The highest BCUT2D eigenvalue weighted by Gasteiger charge is 2.23. The SMILES string of the molecule is COc1ccc(CCNC(=O)N2CCOc3ccc(Cl)cc32)cc1. The van der Waals surface area contributed by atoms with Gasteiger partial charge in [0.25, 0.3) is 0 Å². The Morgan fingerprint density at radius 1 is 1.29 bits per heavy atom. The molecule has 24 heavy (non-hydrogen) atoms. The third-order valence-electron chi connectivity index (χ3n) is 3.88. The van der Waals surface area contributed by atoms with E-state index < -0.39 is 0 Å². The summed E-state index contributed by atoms with van der Waals surface area (Å²) in [5.41, 5.74) is 1.84. The number of carbonyl (C=O) groups excluding carboxylic acids is 1. The van der Waals surface area contributed by atoms with Crippen LogP contribution in [0.2, 0.25) is 5.02 Å². The second-order valence-corrected chi connectivity index (χ2v) is 5.88. The molecule has 2 amide bonds. The summed E-state index contributed by atoms with van der Waals surface area (Å²) in [7, 11) is 1.64. The summed E-state index contributed by atoms with van der Waals surface area (Å²) in [4.78, 5) is 14.1. The lowest BCUT2D eigenvalue weighted by atomic mass is 10.1. The molecular weight excluding hydrogens is 328 g/mol. The van der Waals surface area contributed by atoms with E-state index in [0.717, 1.165) is 17.7 Å². The Labute approximate surface area is 146 Å². The number of rotatable bonds is 4. The number of hydrogen-bond donors (Lipinski definition) is 1. The minimum Gasteiger partial charge on any atom is -0.497 e. The van der Waals surface area contributed by atoms with Gasteiger partial charge in [0, 0.05) is 11.6 Å². The Morgan fingerprint density at radius 2 is 2.08 bits per heavy atom. The smallest absolute Gasteiger partial charge is 0.322 e. The van der Waals surface area contributed by atoms with Gasteiger partial charge in [0.1, 0.15) is 18.1 Å². The number of benzene rings is 2. The van der Waals surface area contributed by atoms with Gasteiger partial charge in [0.05, 0.1) is 19.3 Å². The molecule has 0 aliphatic carbocycles. The molecule has 0 aromatic heterocycles. The van der Waals surface area contributed by atoms with Crippen molar-refractivity contribution in [1.82, 2.24) is 5.32 Å². The van der Waals surface area contributed by atoms with Crippen LogP contribution in [-0.2, 0) is 6.42 Å². The fourth-order valence-corrected chi connectivity index (χ4v) is 2.77. The maximum absolute atomic E-state index is 12.5. The Balaban J connectivity index is 1.58. The quantitative estimate of drug-likeness (QED) is 0.921. The molecule has 0 spiro atoms. The van der Waals surface area contributed by atoms with Crippen molar-refractivity contribution in [3.63, 3.8) is 0 Å².